The monoisotopic (exact) mass is 418 g/mol. The van der Waals surface area contributed by atoms with Gasteiger partial charge >= 0.3 is 0 Å². The van der Waals surface area contributed by atoms with E-state index < -0.39 is 2.14 Å². The van der Waals surface area contributed by atoms with Crippen molar-refractivity contribution in [2.45, 2.75) is 2.14 Å². The summed E-state index contributed by atoms with van der Waals surface area (Å²) in [5, 5.41) is 0. The molecule has 0 heterocycles. The van der Waals surface area contributed by atoms with Gasteiger partial charge in [-0.3, -0.25) is 0 Å². The van der Waals surface area contributed by atoms with E-state index in [2.05, 4.69) is 47.8 Å². The van der Waals surface area contributed by atoms with Crippen LogP contribution >= 0.6 is 47.8 Å². The first-order chi connectivity index (χ1) is 8.05. The van der Waals surface area contributed by atoms with Gasteiger partial charge in [-0.1, -0.05) is 78.1 Å². The summed E-state index contributed by atoms with van der Waals surface area (Å²) in [6.07, 6.45) is 0. The summed E-state index contributed by atoms with van der Waals surface area (Å²) in [7, 11) is 0. The van der Waals surface area contributed by atoms with E-state index in [1.165, 1.54) is 0 Å². The molecule has 88 valence electrons. The third-order valence-corrected chi connectivity index (χ3v) is 3.51. The van der Waals surface area contributed by atoms with E-state index in [0.29, 0.717) is 0 Å². The number of alkyl halides is 3. The van der Waals surface area contributed by atoms with Crippen LogP contribution in [0.3, 0.4) is 0 Å². The highest BCUT2D eigenvalue weighted by Crippen LogP contribution is 2.45. The molecule has 0 fully saturated rings. The zero-order valence-corrected chi connectivity index (χ0v) is 13.5. The second-order valence-electron chi connectivity index (χ2n) is 3.44. The molecular weight excluding hydrogens is 412 g/mol. The van der Waals surface area contributed by atoms with Crippen LogP contribution in [-0.4, -0.2) is 0 Å². The van der Waals surface area contributed by atoms with E-state index in [-0.39, 0.29) is 0 Å². The minimum atomic E-state index is -0.414. The maximum absolute atomic E-state index is 5.75. The number of ether oxygens (including phenoxy) is 1. The number of hydrogen-bond donors (Lipinski definition) is 0. The van der Waals surface area contributed by atoms with E-state index in [1.807, 2.05) is 54.6 Å². The molecule has 2 aromatic rings. The number of rotatable bonds is 2. The highest BCUT2D eigenvalue weighted by Gasteiger charge is 2.20. The molecule has 2 rings (SSSR count). The van der Waals surface area contributed by atoms with E-state index in [9.17, 15) is 0 Å². The van der Waals surface area contributed by atoms with Gasteiger partial charge < -0.3 is 4.74 Å². The lowest BCUT2D eigenvalue weighted by atomic mass is 10.2. The predicted molar refractivity (Wildman–Crippen MR) is 81.4 cm³/mol. The van der Waals surface area contributed by atoms with Crippen LogP contribution in [0.25, 0.3) is 0 Å². The van der Waals surface area contributed by atoms with Gasteiger partial charge in [-0.05, 0) is 29.8 Å². The first-order valence-corrected chi connectivity index (χ1v) is 7.34. The van der Waals surface area contributed by atoms with Crippen LogP contribution in [0.2, 0.25) is 0 Å². The second-order valence-corrected chi connectivity index (χ2v) is 10.2. The molecule has 0 saturated carbocycles. The van der Waals surface area contributed by atoms with Crippen molar-refractivity contribution in [1.29, 1.82) is 0 Å². The Hall–Kier alpha value is -0.320. The fourth-order valence-corrected chi connectivity index (χ4v) is 2.10. The van der Waals surface area contributed by atoms with Crippen LogP contribution in [0.15, 0.2) is 54.6 Å². The van der Waals surface area contributed by atoms with Crippen LogP contribution in [-0.2, 0) is 2.14 Å². The summed E-state index contributed by atoms with van der Waals surface area (Å²) < 4.78 is 5.34. The molecule has 4 heteroatoms. The zero-order chi connectivity index (χ0) is 12.3. The minimum Gasteiger partial charge on any atom is -0.457 e. The number of benzene rings is 2. The summed E-state index contributed by atoms with van der Waals surface area (Å²) in [6, 6.07) is 17.5. The Morgan fingerprint density at radius 3 is 2.06 bits per heavy atom. The number of halogens is 3. The lowest BCUT2D eigenvalue weighted by Gasteiger charge is -2.14. The van der Waals surface area contributed by atoms with Gasteiger partial charge in [-0.15, -0.1) is 0 Å². The Morgan fingerprint density at radius 1 is 0.765 bits per heavy atom. The smallest absolute Gasteiger partial charge is 0.160 e. The normalized spacial score (nSPS) is 11.2. The molecular formula is C13H9Br3O. The molecule has 0 aliphatic carbocycles. The average molecular weight is 421 g/mol. The molecule has 17 heavy (non-hydrogen) atoms. The summed E-state index contributed by atoms with van der Waals surface area (Å²) >= 11 is 10.5. The highest BCUT2D eigenvalue weighted by molar-refractivity contribution is 9.38. The van der Waals surface area contributed by atoms with Gasteiger partial charge in [0.25, 0.3) is 0 Å². The quantitative estimate of drug-likeness (QED) is 0.560. The van der Waals surface area contributed by atoms with Crippen molar-refractivity contribution in [1.82, 2.24) is 0 Å². The molecule has 0 aromatic heterocycles. The van der Waals surface area contributed by atoms with Crippen LogP contribution in [0.1, 0.15) is 5.56 Å². The molecule has 0 spiro atoms. The molecule has 0 aliphatic heterocycles. The first-order valence-electron chi connectivity index (χ1n) is 4.96. The topological polar surface area (TPSA) is 9.23 Å². The van der Waals surface area contributed by atoms with Crippen molar-refractivity contribution < 1.29 is 4.74 Å². The fourth-order valence-electron chi connectivity index (χ4n) is 1.36. The minimum absolute atomic E-state index is 0.414. The standard InChI is InChI=1S/C13H9Br3O/c14-13(15,16)10-5-4-8-12(9-10)17-11-6-2-1-3-7-11/h1-9H. The molecule has 0 unspecified atom stereocenters. The Morgan fingerprint density at radius 2 is 1.41 bits per heavy atom. The van der Waals surface area contributed by atoms with Gasteiger partial charge in [0.05, 0.1) is 0 Å². The number of para-hydroxylation sites is 1. The predicted octanol–water partition coefficient (Wildman–Crippen LogP) is 5.77. The van der Waals surface area contributed by atoms with Crippen LogP contribution in [0.4, 0.5) is 0 Å². The summed E-state index contributed by atoms with van der Waals surface area (Å²) in [6.45, 7) is 0. The van der Waals surface area contributed by atoms with E-state index in [1.54, 1.807) is 0 Å². The molecule has 0 aliphatic rings. The van der Waals surface area contributed by atoms with Crippen LogP contribution < -0.4 is 4.74 Å². The largest absolute Gasteiger partial charge is 0.457 e. The Labute approximate surface area is 126 Å². The van der Waals surface area contributed by atoms with Crippen molar-refractivity contribution in [2.75, 3.05) is 0 Å². The Kier molecular flexibility index (Phi) is 4.28. The van der Waals surface area contributed by atoms with Crippen molar-refractivity contribution in [3.63, 3.8) is 0 Å². The van der Waals surface area contributed by atoms with Crippen molar-refractivity contribution in [3.8, 4) is 11.5 Å². The second kappa shape index (κ2) is 5.55. The third-order valence-electron chi connectivity index (χ3n) is 2.14. The SMILES string of the molecule is BrC(Br)(Br)c1cccc(Oc2ccccc2)c1. The lowest BCUT2D eigenvalue weighted by Crippen LogP contribution is -1.97. The van der Waals surface area contributed by atoms with Crippen LogP contribution in [0.5, 0.6) is 11.5 Å². The van der Waals surface area contributed by atoms with Gasteiger partial charge in [0.2, 0.25) is 0 Å². The van der Waals surface area contributed by atoms with Crippen LogP contribution in [0, 0.1) is 0 Å². The third kappa shape index (κ3) is 3.83. The molecule has 0 radical (unpaired) electrons. The Bertz CT molecular complexity index is 492. The summed E-state index contributed by atoms with van der Waals surface area (Å²) in [5.41, 5.74) is 1.03. The maximum atomic E-state index is 5.75. The molecule has 0 bridgehead atoms. The van der Waals surface area contributed by atoms with Gasteiger partial charge in [-0.25, -0.2) is 0 Å². The molecule has 2 aromatic carbocycles. The van der Waals surface area contributed by atoms with Gasteiger partial charge in [0, 0.05) is 0 Å². The lowest BCUT2D eigenvalue weighted by molar-refractivity contribution is 0.482. The van der Waals surface area contributed by atoms with E-state index in [4.69, 9.17) is 4.74 Å². The zero-order valence-electron chi connectivity index (χ0n) is 8.74. The summed E-state index contributed by atoms with van der Waals surface area (Å²) in [5.74, 6) is 1.63. The molecule has 0 atom stereocenters. The molecule has 1 nitrogen and oxygen atoms in total. The fraction of sp³-hybridized carbons (Fsp3) is 0.0769. The number of hydrogen-bond acceptors (Lipinski definition) is 1. The molecule has 0 amide bonds. The van der Waals surface area contributed by atoms with Gasteiger partial charge in [0.15, 0.2) is 2.14 Å². The van der Waals surface area contributed by atoms with Gasteiger partial charge in [0.1, 0.15) is 11.5 Å². The molecule has 0 N–H and O–H groups in total. The van der Waals surface area contributed by atoms with Crippen molar-refractivity contribution in [2.24, 2.45) is 0 Å². The van der Waals surface area contributed by atoms with Gasteiger partial charge in [-0.2, -0.15) is 0 Å². The van der Waals surface area contributed by atoms with E-state index in [0.717, 1.165) is 17.1 Å². The Balaban J connectivity index is 2.23. The average Bonchev–Trinajstić information content (AvgIpc) is 2.29. The van der Waals surface area contributed by atoms with E-state index >= 15 is 0 Å². The maximum Gasteiger partial charge on any atom is 0.160 e. The molecule has 0 saturated heterocycles. The van der Waals surface area contributed by atoms with Crippen molar-refractivity contribution in [3.05, 3.63) is 60.2 Å². The highest BCUT2D eigenvalue weighted by atomic mass is 80.0. The first kappa shape index (κ1) is 13.1. The van der Waals surface area contributed by atoms with Crippen molar-refractivity contribution >= 4 is 47.8 Å². The summed E-state index contributed by atoms with van der Waals surface area (Å²) in [4.78, 5) is 0.